The molecule has 0 unspecified atom stereocenters. The van der Waals surface area contributed by atoms with Gasteiger partial charge in [0.25, 0.3) is 0 Å². The number of nitrogens with zero attached hydrogens (tertiary/aromatic N) is 1. The molecule has 5 nitrogen and oxygen atoms in total. The number of para-hydroxylation sites is 1. The minimum atomic E-state index is -3.96. The topological polar surface area (TPSA) is 66.5 Å². The van der Waals surface area contributed by atoms with Crippen molar-refractivity contribution in [2.24, 2.45) is 0 Å². The van der Waals surface area contributed by atoms with E-state index in [1.165, 1.54) is 36.4 Å². The quantitative estimate of drug-likeness (QED) is 0.530. The van der Waals surface area contributed by atoms with Gasteiger partial charge in [-0.15, -0.1) is 0 Å². The molecule has 0 aliphatic rings. The largest absolute Gasteiger partial charge is 0.324 e. The Kier molecular flexibility index (Phi) is 7.43. The van der Waals surface area contributed by atoms with Crippen LogP contribution in [0.2, 0.25) is 0 Å². The fraction of sp³-hybridized carbons (Fsp3) is 0.240. The van der Waals surface area contributed by atoms with Gasteiger partial charge in [-0.2, -0.15) is 4.31 Å². The highest BCUT2D eigenvalue weighted by atomic mass is 32.2. The van der Waals surface area contributed by atoms with Gasteiger partial charge in [-0.1, -0.05) is 55.0 Å². The van der Waals surface area contributed by atoms with Crippen LogP contribution in [-0.2, 0) is 27.8 Å². The van der Waals surface area contributed by atoms with E-state index in [2.05, 4.69) is 5.32 Å². The Morgan fingerprint density at radius 2 is 1.62 bits per heavy atom. The molecular weight excluding hydrogens is 427 g/mol. The molecule has 1 amide bonds. The Balaban J connectivity index is 1.91. The zero-order valence-electron chi connectivity index (χ0n) is 18.4. The van der Waals surface area contributed by atoms with E-state index in [0.717, 1.165) is 27.4 Å². The lowest BCUT2D eigenvalue weighted by molar-refractivity contribution is -0.116. The molecule has 32 heavy (non-hydrogen) atoms. The lowest BCUT2D eigenvalue weighted by atomic mass is 10.1. The molecule has 168 valence electrons. The summed E-state index contributed by atoms with van der Waals surface area (Å²) in [5.74, 6) is -0.849. The molecule has 0 saturated carbocycles. The van der Waals surface area contributed by atoms with E-state index >= 15 is 0 Å². The first-order valence-corrected chi connectivity index (χ1v) is 11.8. The Morgan fingerprint density at radius 3 is 2.25 bits per heavy atom. The molecule has 0 fully saturated rings. The lowest BCUT2D eigenvalue weighted by Gasteiger charge is -2.23. The van der Waals surface area contributed by atoms with Gasteiger partial charge in [0, 0.05) is 12.2 Å². The Labute approximate surface area is 188 Å². The van der Waals surface area contributed by atoms with E-state index in [1.807, 2.05) is 39.0 Å². The third-order valence-corrected chi connectivity index (χ3v) is 7.06. The van der Waals surface area contributed by atoms with Crippen LogP contribution in [0.15, 0.2) is 71.6 Å². The summed E-state index contributed by atoms with van der Waals surface area (Å²) < 4.78 is 41.2. The van der Waals surface area contributed by atoms with Gasteiger partial charge in [0.2, 0.25) is 15.9 Å². The molecule has 3 rings (SSSR count). The molecular formula is C25H27FN2O3S. The number of carbonyl (C=O) groups excluding carboxylic acids is 1. The average Bonchev–Trinajstić information content (AvgIpc) is 2.76. The highest BCUT2D eigenvalue weighted by molar-refractivity contribution is 7.89. The average molecular weight is 455 g/mol. The summed E-state index contributed by atoms with van der Waals surface area (Å²) in [6, 6.07) is 17.8. The van der Waals surface area contributed by atoms with Gasteiger partial charge in [-0.25, -0.2) is 12.8 Å². The van der Waals surface area contributed by atoms with Gasteiger partial charge in [0.1, 0.15) is 5.82 Å². The van der Waals surface area contributed by atoms with Gasteiger partial charge in [-0.05, 0) is 61.2 Å². The van der Waals surface area contributed by atoms with Crippen molar-refractivity contribution in [2.75, 3.05) is 11.9 Å². The van der Waals surface area contributed by atoms with Gasteiger partial charge >= 0.3 is 0 Å². The van der Waals surface area contributed by atoms with Crippen molar-refractivity contribution in [3.63, 3.8) is 0 Å². The Hall–Kier alpha value is -3.03. The van der Waals surface area contributed by atoms with Crippen molar-refractivity contribution >= 4 is 21.6 Å². The summed E-state index contributed by atoms with van der Waals surface area (Å²) in [4.78, 5) is 13.0. The predicted octanol–water partition coefficient (Wildman–Crippen LogP) is 4.83. The zero-order valence-corrected chi connectivity index (χ0v) is 19.2. The second-order valence-corrected chi connectivity index (χ2v) is 9.66. The van der Waals surface area contributed by atoms with Crippen molar-refractivity contribution in [1.29, 1.82) is 0 Å². The van der Waals surface area contributed by atoms with E-state index in [9.17, 15) is 17.6 Å². The van der Waals surface area contributed by atoms with Gasteiger partial charge in [0.05, 0.1) is 11.4 Å². The van der Waals surface area contributed by atoms with E-state index in [1.54, 1.807) is 12.1 Å². The lowest BCUT2D eigenvalue weighted by Crippen LogP contribution is -2.37. The summed E-state index contributed by atoms with van der Waals surface area (Å²) in [7, 11) is -3.96. The smallest absolute Gasteiger partial charge is 0.243 e. The normalized spacial score (nSPS) is 11.5. The highest BCUT2D eigenvalue weighted by Crippen LogP contribution is 2.23. The van der Waals surface area contributed by atoms with E-state index in [-0.39, 0.29) is 18.0 Å². The van der Waals surface area contributed by atoms with Crippen LogP contribution in [0.5, 0.6) is 0 Å². The zero-order chi connectivity index (χ0) is 23.3. The van der Waals surface area contributed by atoms with Crippen molar-refractivity contribution in [3.05, 3.63) is 94.8 Å². The number of aryl methyl sites for hydroxylation is 3. The van der Waals surface area contributed by atoms with Crippen molar-refractivity contribution in [2.45, 2.75) is 38.6 Å². The molecule has 0 saturated heterocycles. The first-order valence-electron chi connectivity index (χ1n) is 10.4. The van der Waals surface area contributed by atoms with E-state index < -0.39 is 21.7 Å². The summed E-state index contributed by atoms with van der Waals surface area (Å²) in [5, 5.41) is 2.88. The summed E-state index contributed by atoms with van der Waals surface area (Å²) >= 11 is 0. The molecule has 0 bridgehead atoms. The summed E-state index contributed by atoms with van der Waals surface area (Å²) in [6.45, 7) is 5.33. The molecule has 0 radical (unpaired) electrons. The Bertz CT molecular complexity index is 1190. The summed E-state index contributed by atoms with van der Waals surface area (Å²) in [5.41, 5.74) is 4.10. The van der Waals surface area contributed by atoms with E-state index in [4.69, 9.17) is 0 Å². The predicted molar refractivity (Wildman–Crippen MR) is 124 cm³/mol. The third-order valence-electron chi connectivity index (χ3n) is 5.26. The minimum absolute atomic E-state index is 0.0572. The van der Waals surface area contributed by atoms with Crippen LogP contribution in [0.25, 0.3) is 0 Å². The molecule has 0 spiro atoms. The van der Waals surface area contributed by atoms with Crippen LogP contribution in [0.3, 0.4) is 0 Å². The first kappa shape index (κ1) is 23.6. The molecule has 0 aromatic heterocycles. The number of halogens is 1. The number of carbonyl (C=O) groups is 1. The number of nitrogens with one attached hydrogen (secondary N) is 1. The van der Waals surface area contributed by atoms with Crippen LogP contribution < -0.4 is 5.32 Å². The highest BCUT2D eigenvalue weighted by Gasteiger charge is 2.27. The number of hydrogen-bond donors (Lipinski definition) is 1. The molecule has 0 atom stereocenters. The maximum absolute atomic E-state index is 13.4. The Morgan fingerprint density at radius 1 is 0.969 bits per heavy atom. The number of hydrogen-bond acceptors (Lipinski definition) is 3. The molecule has 0 aliphatic carbocycles. The molecule has 0 aliphatic heterocycles. The number of rotatable bonds is 8. The van der Waals surface area contributed by atoms with Crippen LogP contribution in [0, 0.1) is 19.7 Å². The minimum Gasteiger partial charge on any atom is -0.324 e. The molecule has 3 aromatic carbocycles. The van der Waals surface area contributed by atoms with Crippen LogP contribution in [-0.4, -0.2) is 25.2 Å². The second kappa shape index (κ2) is 10.1. The first-order chi connectivity index (χ1) is 15.2. The van der Waals surface area contributed by atoms with Gasteiger partial charge < -0.3 is 5.32 Å². The molecule has 7 heteroatoms. The third kappa shape index (κ3) is 5.60. The van der Waals surface area contributed by atoms with Gasteiger partial charge in [0.15, 0.2) is 0 Å². The molecule has 0 heterocycles. The van der Waals surface area contributed by atoms with Crippen molar-refractivity contribution in [3.8, 4) is 0 Å². The monoisotopic (exact) mass is 454 g/mol. The SMILES string of the molecule is CCc1cccc(C)c1NC(=O)CN(Cc1ccc(F)cc1)S(=O)(=O)c1ccc(C)cc1. The number of benzene rings is 3. The van der Waals surface area contributed by atoms with Gasteiger partial charge in [-0.3, -0.25) is 4.79 Å². The van der Waals surface area contributed by atoms with Crippen molar-refractivity contribution in [1.82, 2.24) is 4.31 Å². The number of anilines is 1. The van der Waals surface area contributed by atoms with Crippen LogP contribution in [0.1, 0.15) is 29.2 Å². The van der Waals surface area contributed by atoms with Crippen LogP contribution in [0.4, 0.5) is 10.1 Å². The standard InChI is InChI=1S/C25H27FN2O3S/c1-4-21-7-5-6-19(3)25(21)27-24(29)17-28(16-20-10-12-22(26)13-11-20)32(30,31)23-14-8-18(2)9-15-23/h5-15H,4,16-17H2,1-3H3,(H,27,29). The van der Waals surface area contributed by atoms with E-state index in [0.29, 0.717) is 11.3 Å². The number of amides is 1. The summed E-state index contributed by atoms with van der Waals surface area (Å²) in [6.07, 6.45) is 0.734. The number of sulfonamides is 1. The molecule has 3 aromatic rings. The maximum Gasteiger partial charge on any atom is 0.243 e. The second-order valence-electron chi connectivity index (χ2n) is 7.72. The van der Waals surface area contributed by atoms with Crippen LogP contribution >= 0.6 is 0 Å². The fourth-order valence-corrected chi connectivity index (χ4v) is 4.80. The maximum atomic E-state index is 13.4. The molecule has 1 N–H and O–H groups in total. The van der Waals surface area contributed by atoms with Crippen molar-refractivity contribution < 1.29 is 17.6 Å². The fourth-order valence-electron chi connectivity index (χ4n) is 3.42.